The van der Waals surface area contributed by atoms with Crippen LogP contribution in [0.3, 0.4) is 0 Å². The number of benzene rings is 2. The van der Waals surface area contributed by atoms with Crippen LogP contribution in [0.4, 0.5) is 0 Å². The van der Waals surface area contributed by atoms with E-state index in [4.69, 9.17) is 4.74 Å². The highest BCUT2D eigenvalue weighted by Crippen LogP contribution is 2.24. The summed E-state index contributed by atoms with van der Waals surface area (Å²) in [7, 11) is 0. The molecule has 5 heteroatoms. The van der Waals surface area contributed by atoms with Crippen LogP contribution >= 0.6 is 0 Å². The Morgan fingerprint density at radius 3 is 2.68 bits per heavy atom. The van der Waals surface area contributed by atoms with Crippen molar-refractivity contribution in [3.05, 3.63) is 95.9 Å². The maximum Gasteiger partial charge on any atom is 0.251 e. The number of carbonyl (C=O) groups excluding carboxylic acids is 1. The number of pyridine rings is 1. The van der Waals surface area contributed by atoms with Gasteiger partial charge in [0.1, 0.15) is 12.4 Å². The van der Waals surface area contributed by atoms with E-state index < -0.39 is 0 Å². The predicted molar refractivity (Wildman–Crippen MR) is 109 cm³/mol. The maximum atomic E-state index is 12.1. The van der Waals surface area contributed by atoms with Gasteiger partial charge >= 0.3 is 0 Å². The molecule has 0 saturated heterocycles. The molecule has 0 atom stereocenters. The lowest BCUT2D eigenvalue weighted by molar-refractivity contribution is 0.0954. The SMILES string of the molecule is O=C(NCCc1c[nH]c2ccc(OCc3ccccc3)cc12)c1ccncc1. The quantitative estimate of drug-likeness (QED) is 0.514. The summed E-state index contributed by atoms with van der Waals surface area (Å²) in [5.74, 6) is 0.743. The molecule has 0 aliphatic heterocycles. The van der Waals surface area contributed by atoms with Crippen molar-refractivity contribution in [3.63, 3.8) is 0 Å². The fourth-order valence-electron chi connectivity index (χ4n) is 3.11. The number of nitrogens with one attached hydrogen (secondary N) is 2. The van der Waals surface area contributed by atoms with Crippen molar-refractivity contribution in [2.24, 2.45) is 0 Å². The zero-order chi connectivity index (χ0) is 19.2. The molecule has 0 radical (unpaired) electrons. The van der Waals surface area contributed by atoms with Crippen LogP contribution < -0.4 is 10.1 Å². The first-order chi connectivity index (χ1) is 13.8. The van der Waals surface area contributed by atoms with Gasteiger partial charge in [0.05, 0.1) is 0 Å². The lowest BCUT2D eigenvalue weighted by Crippen LogP contribution is -2.25. The number of aromatic nitrogens is 2. The second kappa shape index (κ2) is 8.39. The zero-order valence-corrected chi connectivity index (χ0v) is 15.4. The number of fused-ring (bicyclic) bond motifs is 1. The summed E-state index contributed by atoms with van der Waals surface area (Å²) in [6.07, 6.45) is 5.96. The van der Waals surface area contributed by atoms with Crippen LogP contribution in [-0.4, -0.2) is 22.4 Å². The molecule has 2 aromatic carbocycles. The van der Waals surface area contributed by atoms with Crippen LogP contribution in [0.5, 0.6) is 5.75 Å². The third-order valence-electron chi connectivity index (χ3n) is 4.61. The molecular weight excluding hydrogens is 350 g/mol. The molecule has 2 aromatic heterocycles. The largest absolute Gasteiger partial charge is 0.489 e. The first-order valence-corrected chi connectivity index (χ1v) is 9.24. The molecule has 2 heterocycles. The number of amides is 1. The third-order valence-corrected chi connectivity index (χ3v) is 4.61. The summed E-state index contributed by atoms with van der Waals surface area (Å²) in [6, 6.07) is 19.6. The zero-order valence-electron chi connectivity index (χ0n) is 15.4. The summed E-state index contributed by atoms with van der Waals surface area (Å²) in [4.78, 5) is 19.4. The Labute approximate surface area is 163 Å². The van der Waals surface area contributed by atoms with Crippen molar-refractivity contribution in [1.29, 1.82) is 0 Å². The third kappa shape index (κ3) is 4.20. The van der Waals surface area contributed by atoms with Gasteiger partial charge in [-0.2, -0.15) is 0 Å². The number of nitrogens with zero attached hydrogens (tertiary/aromatic N) is 1. The molecule has 0 spiro atoms. The standard InChI is InChI=1S/C23H21N3O2/c27-23(18-8-11-24-12-9-18)25-13-10-19-15-26-22-7-6-20(14-21(19)22)28-16-17-4-2-1-3-5-17/h1-9,11-12,14-15,26H,10,13,16H2,(H,25,27). The van der Waals surface area contributed by atoms with Crippen LogP contribution in [0.2, 0.25) is 0 Å². The number of hydrogen-bond donors (Lipinski definition) is 2. The predicted octanol–water partition coefficient (Wildman–Crippen LogP) is 4.11. The Hall–Kier alpha value is -3.60. The second-order valence-corrected chi connectivity index (χ2v) is 6.54. The molecule has 2 N–H and O–H groups in total. The minimum atomic E-state index is -0.0888. The molecule has 0 aliphatic carbocycles. The fourth-order valence-corrected chi connectivity index (χ4v) is 3.11. The van der Waals surface area contributed by atoms with Gasteiger partial charge in [-0.25, -0.2) is 0 Å². The highest BCUT2D eigenvalue weighted by atomic mass is 16.5. The Morgan fingerprint density at radius 2 is 1.86 bits per heavy atom. The molecule has 5 nitrogen and oxygen atoms in total. The van der Waals surface area contributed by atoms with Gasteiger partial charge in [-0.15, -0.1) is 0 Å². The highest BCUT2D eigenvalue weighted by molar-refractivity contribution is 5.94. The molecule has 1 amide bonds. The van der Waals surface area contributed by atoms with E-state index in [2.05, 4.69) is 21.4 Å². The van der Waals surface area contributed by atoms with Gasteiger partial charge in [-0.05, 0) is 47.9 Å². The van der Waals surface area contributed by atoms with Crippen molar-refractivity contribution >= 4 is 16.8 Å². The average Bonchev–Trinajstić information content (AvgIpc) is 3.16. The van der Waals surface area contributed by atoms with E-state index >= 15 is 0 Å². The van der Waals surface area contributed by atoms with E-state index in [-0.39, 0.29) is 5.91 Å². The van der Waals surface area contributed by atoms with Gasteiger partial charge in [-0.1, -0.05) is 30.3 Å². The molecular formula is C23H21N3O2. The lowest BCUT2D eigenvalue weighted by Gasteiger charge is -2.08. The van der Waals surface area contributed by atoms with Crippen molar-refractivity contribution in [1.82, 2.24) is 15.3 Å². The molecule has 0 saturated carbocycles. The summed E-state index contributed by atoms with van der Waals surface area (Å²) in [6.45, 7) is 1.09. The summed E-state index contributed by atoms with van der Waals surface area (Å²) in [5.41, 5.74) is 3.96. The molecule has 0 bridgehead atoms. The van der Waals surface area contributed by atoms with E-state index in [9.17, 15) is 4.79 Å². The molecule has 0 fully saturated rings. The van der Waals surface area contributed by atoms with Crippen LogP contribution in [0.15, 0.2) is 79.3 Å². The number of aromatic amines is 1. The molecule has 0 unspecified atom stereocenters. The summed E-state index contributed by atoms with van der Waals surface area (Å²) in [5, 5.41) is 4.07. The van der Waals surface area contributed by atoms with Gasteiger partial charge in [0, 0.05) is 41.6 Å². The van der Waals surface area contributed by atoms with Crippen molar-refractivity contribution < 1.29 is 9.53 Å². The maximum absolute atomic E-state index is 12.1. The number of carbonyl (C=O) groups is 1. The average molecular weight is 371 g/mol. The van der Waals surface area contributed by atoms with Gasteiger partial charge in [-0.3, -0.25) is 9.78 Å². The Kier molecular flexibility index (Phi) is 5.33. The van der Waals surface area contributed by atoms with E-state index in [0.717, 1.165) is 34.2 Å². The van der Waals surface area contributed by atoms with Crippen LogP contribution in [0.25, 0.3) is 10.9 Å². The Bertz CT molecular complexity index is 1060. The highest BCUT2D eigenvalue weighted by Gasteiger charge is 2.08. The Balaban J connectivity index is 1.39. The topological polar surface area (TPSA) is 67.0 Å². The van der Waals surface area contributed by atoms with Crippen molar-refractivity contribution in [2.45, 2.75) is 13.0 Å². The molecule has 140 valence electrons. The minimum absolute atomic E-state index is 0.0888. The normalized spacial score (nSPS) is 10.7. The molecule has 4 aromatic rings. The molecule has 0 aliphatic rings. The number of rotatable bonds is 7. The lowest BCUT2D eigenvalue weighted by atomic mass is 10.1. The van der Waals surface area contributed by atoms with Gasteiger partial charge in [0.25, 0.3) is 5.91 Å². The molecule has 4 rings (SSSR count). The first-order valence-electron chi connectivity index (χ1n) is 9.24. The van der Waals surface area contributed by atoms with Crippen molar-refractivity contribution in [3.8, 4) is 5.75 Å². The minimum Gasteiger partial charge on any atom is -0.489 e. The summed E-state index contributed by atoms with van der Waals surface area (Å²) < 4.78 is 5.94. The monoisotopic (exact) mass is 371 g/mol. The van der Waals surface area contributed by atoms with Gasteiger partial charge < -0.3 is 15.0 Å². The second-order valence-electron chi connectivity index (χ2n) is 6.54. The molecule has 28 heavy (non-hydrogen) atoms. The van der Waals surface area contributed by atoms with Gasteiger partial charge in [0.2, 0.25) is 0 Å². The fraction of sp³-hybridized carbons (Fsp3) is 0.130. The van der Waals surface area contributed by atoms with E-state index in [1.165, 1.54) is 0 Å². The Morgan fingerprint density at radius 1 is 1.04 bits per heavy atom. The van der Waals surface area contributed by atoms with Crippen LogP contribution in [0.1, 0.15) is 21.5 Å². The number of ether oxygens (including phenoxy) is 1. The number of H-pyrrole nitrogens is 1. The van der Waals surface area contributed by atoms with E-state index in [0.29, 0.717) is 18.7 Å². The first kappa shape index (κ1) is 17.8. The van der Waals surface area contributed by atoms with E-state index in [1.807, 2.05) is 48.7 Å². The van der Waals surface area contributed by atoms with Crippen LogP contribution in [-0.2, 0) is 13.0 Å². The van der Waals surface area contributed by atoms with Gasteiger partial charge in [0.15, 0.2) is 0 Å². The van der Waals surface area contributed by atoms with Crippen LogP contribution in [0, 0.1) is 0 Å². The smallest absolute Gasteiger partial charge is 0.251 e. The van der Waals surface area contributed by atoms with E-state index in [1.54, 1.807) is 24.5 Å². The number of hydrogen-bond acceptors (Lipinski definition) is 3. The summed E-state index contributed by atoms with van der Waals surface area (Å²) >= 11 is 0. The van der Waals surface area contributed by atoms with Crippen molar-refractivity contribution in [2.75, 3.05) is 6.54 Å².